The van der Waals surface area contributed by atoms with Crippen LogP contribution in [0.25, 0.3) is 0 Å². The second-order valence-corrected chi connectivity index (χ2v) is 4.72. The van der Waals surface area contributed by atoms with Gasteiger partial charge in [-0.3, -0.25) is 0 Å². The molecule has 0 N–H and O–H groups in total. The number of anilines is 1. The molecule has 2 aromatic rings. The zero-order chi connectivity index (χ0) is 13.8. The first-order chi connectivity index (χ1) is 9.11. The lowest BCUT2D eigenvalue weighted by Gasteiger charge is -2.20. The van der Waals surface area contributed by atoms with Crippen LogP contribution in [-0.2, 0) is 6.54 Å². The van der Waals surface area contributed by atoms with Gasteiger partial charge in [-0.05, 0) is 12.5 Å². The van der Waals surface area contributed by atoms with Crippen LogP contribution in [0.2, 0.25) is 5.15 Å². The van der Waals surface area contributed by atoms with Gasteiger partial charge in [-0.2, -0.15) is 0 Å². The number of benzene rings is 1. The molecule has 100 valence electrons. The molecule has 19 heavy (non-hydrogen) atoms. The monoisotopic (exact) mass is 277 g/mol. The molecule has 0 saturated carbocycles. The zero-order valence-corrected chi connectivity index (χ0v) is 12.0. The quantitative estimate of drug-likeness (QED) is 0.805. The Hall–Kier alpha value is -1.81. The van der Waals surface area contributed by atoms with Gasteiger partial charge >= 0.3 is 0 Å². The standard InChI is InChI=1S/C14H16ClN3O/c1-10-5-4-6-11(7-10)8-18(2)14-12(19-3)13(15)16-9-17-14/h4-7,9H,8H2,1-3H3. The summed E-state index contributed by atoms with van der Waals surface area (Å²) < 4.78 is 5.26. The first-order valence-electron chi connectivity index (χ1n) is 5.93. The van der Waals surface area contributed by atoms with Crippen molar-refractivity contribution in [3.05, 3.63) is 46.9 Å². The average molecular weight is 278 g/mol. The van der Waals surface area contributed by atoms with Gasteiger partial charge in [0.05, 0.1) is 7.11 Å². The van der Waals surface area contributed by atoms with Crippen molar-refractivity contribution in [3.8, 4) is 5.75 Å². The van der Waals surface area contributed by atoms with Crippen LogP contribution in [0.3, 0.4) is 0 Å². The molecule has 5 heteroatoms. The maximum atomic E-state index is 6.00. The van der Waals surface area contributed by atoms with Crippen molar-refractivity contribution in [2.45, 2.75) is 13.5 Å². The van der Waals surface area contributed by atoms with Crippen molar-refractivity contribution in [3.63, 3.8) is 0 Å². The molecule has 2 rings (SSSR count). The van der Waals surface area contributed by atoms with Crippen LogP contribution < -0.4 is 9.64 Å². The van der Waals surface area contributed by atoms with Gasteiger partial charge < -0.3 is 9.64 Å². The van der Waals surface area contributed by atoms with E-state index >= 15 is 0 Å². The molecule has 0 aliphatic rings. The number of nitrogens with zero attached hydrogens (tertiary/aromatic N) is 3. The third-order valence-electron chi connectivity index (χ3n) is 2.81. The summed E-state index contributed by atoms with van der Waals surface area (Å²) in [5, 5.41) is 0.323. The summed E-state index contributed by atoms with van der Waals surface area (Å²) in [7, 11) is 3.51. The molecule has 1 aromatic heterocycles. The predicted molar refractivity (Wildman–Crippen MR) is 76.9 cm³/mol. The molecular weight excluding hydrogens is 262 g/mol. The Bertz CT molecular complexity index is 574. The van der Waals surface area contributed by atoms with Gasteiger partial charge in [0.25, 0.3) is 0 Å². The first kappa shape index (κ1) is 13.6. The number of ether oxygens (including phenoxy) is 1. The molecule has 1 heterocycles. The number of halogens is 1. The zero-order valence-electron chi connectivity index (χ0n) is 11.2. The van der Waals surface area contributed by atoms with Crippen LogP contribution in [-0.4, -0.2) is 24.1 Å². The molecule has 0 spiro atoms. The number of hydrogen-bond acceptors (Lipinski definition) is 4. The average Bonchev–Trinajstić information content (AvgIpc) is 2.38. The normalized spacial score (nSPS) is 10.3. The highest BCUT2D eigenvalue weighted by molar-refractivity contribution is 6.31. The number of aromatic nitrogens is 2. The van der Waals surface area contributed by atoms with E-state index in [1.807, 2.05) is 18.0 Å². The highest BCUT2D eigenvalue weighted by atomic mass is 35.5. The molecule has 0 aliphatic heterocycles. The summed E-state index contributed by atoms with van der Waals surface area (Å²) >= 11 is 6.00. The van der Waals surface area contributed by atoms with Gasteiger partial charge in [0.15, 0.2) is 16.7 Å². The van der Waals surface area contributed by atoms with Crippen LogP contribution >= 0.6 is 11.6 Å². The summed E-state index contributed by atoms with van der Waals surface area (Å²) in [4.78, 5) is 10.1. The molecule has 0 amide bonds. The van der Waals surface area contributed by atoms with Crippen LogP contribution in [0.15, 0.2) is 30.6 Å². The maximum absolute atomic E-state index is 6.00. The van der Waals surface area contributed by atoms with Gasteiger partial charge in [0.1, 0.15) is 6.33 Å². The van der Waals surface area contributed by atoms with E-state index in [0.717, 1.165) is 6.54 Å². The lowest BCUT2D eigenvalue weighted by Crippen LogP contribution is -2.19. The van der Waals surface area contributed by atoms with E-state index in [-0.39, 0.29) is 0 Å². The van der Waals surface area contributed by atoms with Crippen molar-refractivity contribution in [2.24, 2.45) is 0 Å². The third kappa shape index (κ3) is 3.15. The van der Waals surface area contributed by atoms with Crippen LogP contribution in [0.5, 0.6) is 5.75 Å². The number of aryl methyl sites for hydroxylation is 1. The van der Waals surface area contributed by atoms with Crippen molar-refractivity contribution < 1.29 is 4.74 Å². The number of rotatable bonds is 4. The second kappa shape index (κ2) is 5.89. The minimum atomic E-state index is 0.323. The number of methoxy groups -OCH3 is 1. The van der Waals surface area contributed by atoms with Crippen LogP contribution in [0.4, 0.5) is 5.82 Å². The minimum absolute atomic E-state index is 0.323. The van der Waals surface area contributed by atoms with Gasteiger partial charge in [-0.15, -0.1) is 0 Å². The second-order valence-electron chi connectivity index (χ2n) is 4.37. The summed E-state index contributed by atoms with van der Waals surface area (Å²) in [6.07, 6.45) is 1.44. The fourth-order valence-corrected chi connectivity index (χ4v) is 2.16. The highest BCUT2D eigenvalue weighted by Crippen LogP contribution is 2.31. The van der Waals surface area contributed by atoms with Crippen LogP contribution in [0.1, 0.15) is 11.1 Å². The molecule has 0 bridgehead atoms. The van der Waals surface area contributed by atoms with Crippen molar-refractivity contribution in [1.82, 2.24) is 9.97 Å². The summed E-state index contributed by atoms with van der Waals surface area (Å²) in [5.74, 6) is 1.18. The molecule has 0 atom stereocenters. The SMILES string of the molecule is COc1c(Cl)ncnc1N(C)Cc1cccc(C)c1. The van der Waals surface area contributed by atoms with E-state index in [1.165, 1.54) is 17.5 Å². The lowest BCUT2D eigenvalue weighted by atomic mass is 10.1. The van der Waals surface area contributed by atoms with E-state index in [0.29, 0.717) is 16.7 Å². The van der Waals surface area contributed by atoms with Gasteiger partial charge in [-0.25, -0.2) is 9.97 Å². The Morgan fingerprint density at radius 2 is 2.11 bits per heavy atom. The molecule has 0 fully saturated rings. The van der Waals surface area contributed by atoms with Gasteiger partial charge in [0.2, 0.25) is 0 Å². The molecule has 0 unspecified atom stereocenters. The first-order valence-corrected chi connectivity index (χ1v) is 6.30. The van der Waals surface area contributed by atoms with Gasteiger partial charge in [0, 0.05) is 13.6 Å². The van der Waals surface area contributed by atoms with Crippen LogP contribution in [0, 0.1) is 6.92 Å². The van der Waals surface area contributed by atoms with Crippen molar-refractivity contribution in [1.29, 1.82) is 0 Å². The Kier molecular flexibility index (Phi) is 4.22. The summed E-state index contributed by atoms with van der Waals surface area (Å²) in [5.41, 5.74) is 2.44. The Morgan fingerprint density at radius 3 is 2.79 bits per heavy atom. The molecule has 1 aromatic carbocycles. The smallest absolute Gasteiger partial charge is 0.199 e. The molecular formula is C14H16ClN3O. The molecule has 0 saturated heterocycles. The van der Waals surface area contributed by atoms with Gasteiger partial charge in [-0.1, -0.05) is 41.4 Å². The maximum Gasteiger partial charge on any atom is 0.199 e. The molecule has 0 radical (unpaired) electrons. The Labute approximate surface area is 118 Å². The van der Waals surface area contributed by atoms with Crippen molar-refractivity contribution >= 4 is 17.4 Å². The van der Waals surface area contributed by atoms with E-state index in [9.17, 15) is 0 Å². The minimum Gasteiger partial charge on any atom is -0.490 e. The molecule has 0 aliphatic carbocycles. The highest BCUT2D eigenvalue weighted by Gasteiger charge is 2.14. The largest absolute Gasteiger partial charge is 0.490 e. The summed E-state index contributed by atoms with van der Waals surface area (Å²) in [6, 6.07) is 8.35. The Balaban J connectivity index is 2.25. The Morgan fingerprint density at radius 1 is 1.32 bits per heavy atom. The fourth-order valence-electron chi connectivity index (χ4n) is 1.95. The third-order valence-corrected chi connectivity index (χ3v) is 3.08. The van der Waals surface area contributed by atoms with E-state index < -0.39 is 0 Å². The van der Waals surface area contributed by atoms with E-state index in [1.54, 1.807) is 7.11 Å². The van der Waals surface area contributed by atoms with Crippen molar-refractivity contribution in [2.75, 3.05) is 19.1 Å². The summed E-state index contributed by atoms with van der Waals surface area (Å²) in [6.45, 7) is 2.80. The molecule has 4 nitrogen and oxygen atoms in total. The lowest BCUT2D eigenvalue weighted by molar-refractivity contribution is 0.411. The topological polar surface area (TPSA) is 38.3 Å². The van der Waals surface area contributed by atoms with E-state index in [2.05, 4.69) is 35.1 Å². The van der Waals surface area contributed by atoms with E-state index in [4.69, 9.17) is 16.3 Å². The fraction of sp³-hybridized carbons (Fsp3) is 0.286. The predicted octanol–water partition coefficient (Wildman–Crippen LogP) is 3.08. The number of hydrogen-bond donors (Lipinski definition) is 0.